The van der Waals surface area contributed by atoms with E-state index in [2.05, 4.69) is 15.4 Å². The smallest absolute Gasteiger partial charge is 0.352 e. The molecular formula is C10H12N6O3S. The van der Waals surface area contributed by atoms with E-state index < -0.39 is 12.0 Å². The number of aromatic nitrogens is 4. The molecule has 1 amide bonds. The van der Waals surface area contributed by atoms with Crippen LogP contribution in [0.2, 0.25) is 0 Å². The number of amides is 1. The molecule has 2 atom stereocenters. The van der Waals surface area contributed by atoms with Crippen LogP contribution in [0.25, 0.3) is 0 Å². The van der Waals surface area contributed by atoms with Crippen LogP contribution in [0.3, 0.4) is 0 Å². The molecule has 1 fully saturated rings. The van der Waals surface area contributed by atoms with Gasteiger partial charge in [-0.15, -0.1) is 22.0 Å². The lowest BCUT2D eigenvalue weighted by molar-refractivity contribution is -0.148. The molecule has 2 aliphatic heterocycles. The van der Waals surface area contributed by atoms with Crippen LogP contribution in [0.1, 0.15) is 5.82 Å². The lowest BCUT2D eigenvalue weighted by atomic mass is 10.0. The first kappa shape index (κ1) is 13.1. The molecule has 1 saturated heterocycles. The summed E-state index contributed by atoms with van der Waals surface area (Å²) in [5, 5.41) is 20.6. The first-order valence-corrected chi connectivity index (χ1v) is 6.94. The van der Waals surface area contributed by atoms with Gasteiger partial charge in [0.2, 0.25) is 5.91 Å². The van der Waals surface area contributed by atoms with Crippen molar-refractivity contribution in [2.75, 3.05) is 5.75 Å². The fourth-order valence-electron chi connectivity index (χ4n) is 2.26. The molecule has 0 radical (unpaired) electrons. The standard InChI is InChI=1S/C10H12N6O3S/c1-4-12-14-15(13-4)2-5-3-20-9-6(11)8(17)16(9)7(5)10(18)19/h6,9H,2-3,11H2,1H3,(H,18,19)/t6?,9-/m0/s1. The van der Waals surface area contributed by atoms with Crippen LogP contribution in [0.4, 0.5) is 0 Å². The van der Waals surface area contributed by atoms with Gasteiger partial charge >= 0.3 is 5.97 Å². The third kappa shape index (κ3) is 1.88. The Balaban J connectivity index is 1.94. The summed E-state index contributed by atoms with van der Waals surface area (Å²) in [7, 11) is 0. The monoisotopic (exact) mass is 296 g/mol. The fourth-order valence-corrected chi connectivity index (χ4v) is 3.54. The van der Waals surface area contributed by atoms with E-state index in [0.717, 1.165) is 0 Å². The minimum absolute atomic E-state index is 0.00426. The van der Waals surface area contributed by atoms with Gasteiger partial charge in [0.25, 0.3) is 0 Å². The Morgan fingerprint density at radius 2 is 2.35 bits per heavy atom. The first-order valence-electron chi connectivity index (χ1n) is 5.89. The van der Waals surface area contributed by atoms with Gasteiger partial charge in [0.1, 0.15) is 17.1 Å². The molecule has 3 N–H and O–H groups in total. The molecule has 2 aliphatic rings. The number of carbonyl (C=O) groups is 2. The van der Waals surface area contributed by atoms with Gasteiger partial charge in [-0.3, -0.25) is 9.69 Å². The number of carboxylic acids is 1. The highest BCUT2D eigenvalue weighted by Gasteiger charge is 2.51. The van der Waals surface area contributed by atoms with Crippen LogP contribution in [0.15, 0.2) is 11.3 Å². The van der Waals surface area contributed by atoms with Crippen molar-refractivity contribution in [1.82, 2.24) is 25.1 Å². The van der Waals surface area contributed by atoms with Crippen molar-refractivity contribution in [2.45, 2.75) is 24.9 Å². The number of nitrogens with zero attached hydrogens (tertiary/aromatic N) is 5. The van der Waals surface area contributed by atoms with Crippen LogP contribution in [0, 0.1) is 6.92 Å². The second kappa shape index (κ2) is 4.56. The van der Waals surface area contributed by atoms with Gasteiger partial charge in [0.05, 0.1) is 6.54 Å². The number of β-lactam (4-membered cyclic amide) rings is 1. The zero-order valence-electron chi connectivity index (χ0n) is 10.6. The maximum atomic E-state index is 11.8. The number of tetrazole rings is 1. The van der Waals surface area contributed by atoms with Gasteiger partial charge in [0, 0.05) is 5.75 Å². The Bertz CT molecular complexity index is 626. The molecule has 0 aliphatic carbocycles. The second-order valence-corrected chi connectivity index (χ2v) is 5.66. The van der Waals surface area contributed by atoms with Crippen LogP contribution in [-0.2, 0) is 16.1 Å². The number of carbonyl (C=O) groups excluding carboxylic acids is 1. The molecule has 3 heterocycles. The molecule has 20 heavy (non-hydrogen) atoms. The Morgan fingerprint density at radius 1 is 1.60 bits per heavy atom. The van der Waals surface area contributed by atoms with Crippen molar-refractivity contribution >= 4 is 23.6 Å². The average Bonchev–Trinajstić information content (AvgIpc) is 2.82. The van der Waals surface area contributed by atoms with Gasteiger partial charge < -0.3 is 10.8 Å². The number of nitrogens with two attached hydrogens (primary N) is 1. The zero-order valence-corrected chi connectivity index (χ0v) is 11.4. The third-order valence-electron chi connectivity index (χ3n) is 3.18. The van der Waals surface area contributed by atoms with Crippen LogP contribution in [-0.4, -0.2) is 59.3 Å². The van der Waals surface area contributed by atoms with Gasteiger partial charge in [-0.05, 0) is 17.7 Å². The largest absolute Gasteiger partial charge is 0.477 e. The summed E-state index contributed by atoms with van der Waals surface area (Å²) in [4.78, 5) is 25.8. The number of carboxylic acid groups (broad SMARTS) is 1. The molecule has 1 aromatic rings. The lowest BCUT2D eigenvalue weighted by Crippen LogP contribution is -2.68. The summed E-state index contributed by atoms with van der Waals surface area (Å²) in [5.74, 6) is -0.516. The minimum Gasteiger partial charge on any atom is -0.477 e. The SMILES string of the molecule is Cc1nnn(CC2=C(C(=O)O)N3C(=O)C(N)[C@@H]3SC2)n1. The van der Waals surface area contributed by atoms with Crippen molar-refractivity contribution in [3.05, 3.63) is 17.1 Å². The quantitative estimate of drug-likeness (QED) is 0.649. The van der Waals surface area contributed by atoms with Crippen LogP contribution >= 0.6 is 11.8 Å². The van der Waals surface area contributed by atoms with Gasteiger partial charge in [-0.1, -0.05) is 0 Å². The van der Waals surface area contributed by atoms with Crippen molar-refractivity contribution in [2.24, 2.45) is 5.73 Å². The van der Waals surface area contributed by atoms with E-state index in [9.17, 15) is 14.7 Å². The van der Waals surface area contributed by atoms with Crippen LogP contribution in [0.5, 0.6) is 0 Å². The number of hydrogen-bond acceptors (Lipinski definition) is 7. The van der Waals surface area contributed by atoms with Crippen molar-refractivity contribution in [1.29, 1.82) is 0 Å². The van der Waals surface area contributed by atoms with Crippen molar-refractivity contribution in [3.8, 4) is 0 Å². The van der Waals surface area contributed by atoms with Crippen LogP contribution < -0.4 is 5.73 Å². The molecule has 9 nitrogen and oxygen atoms in total. The Hall–Kier alpha value is -1.94. The fraction of sp³-hybridized carbons (Fsp3) is 0.500. The summed E-state index contributed by atoms with van der Waals surface area (Å²) in [6, 6.07) is -0.623. The van der Waals surface area contributed by atoms with Gasteiger partial charge in [0.15, 0.2) is 5.82 Å². The van der Waals surface area contributed by atoms with Crippen molar-refractivity contribution < 1.29 is 14.7 Å². The maximum Gasteiger partial charge on any atom is 0.352 e. The number of rotatable bonds is 3. The van der Waals surface area contributed by atoms with E-state index in [1.54, 1.807) is 6.92 Å². The van der Waals surface area contributed by atoms with Gasteiger partial charge in [-0.25, -0.2) is 4.79 Å². The average molecular weight is 296 g/mol. The van der Waals surface area contributed by atoms with E-state index >= 15 is 0 Å². The van der Waals surface area contributed by atoms with E-state index in [4.69, 9.17) is 5.73 Å². The zero-order chi connectivity index (χ0) is 14.4. The Kier molecular flexibility index (Phi) is 2.98. The summed E-state index contributed by atoms with van der Waals surface area (Å²) in [6.45, 7) is 1.89. The highest BCUT2D eigenvalue weighted by Crippen LogP contribution is 2.39. The normalized spacial score (nSPS) is 25.5. The molecular weight excluding hydrogens is 284 g/mol. The number of aliphatic carboxylic acids is 1. The van der Waals surface area contributed by atoms with Gasteiger partial charge in [-0.2, -0.15) is 4.80 Å². The number of fused-ring (bicyclic) bond motifs is 1. The molecule has 0 aromatic carbocycles. The summed E-state index contributed by atoms with van der Waals surface area (Å²) >= 11 is 1.45. The number of aryl methyl sites for hydroxylation is 1. The molecule has 1 aromatic heterocycles. The molecule has 0 spiro atoms. The highest BCUT2D eigenvalue weighted by atomic mass is 32.2. The van der Waals surface area contributed by atoms with E-state index in [1.165, 1.54) is 21.5 Å². The number of hydrogen-bond donors (Lipinski definition) is 2. The maximum absolute atomic E-state index is 11.8. The van der Waals surface area contributed by atoms with E-state index in [1.807, 2.05) is 0 Å². The van der Waals surface area contributed by atoms with E-state index in [-0.39, 0.29) is 23.5 Å². The first-order chi connectivity index (χ1) is 9.49. The molecule has 10 heteroatoms. The summed E-state index contributed by atoms with van der Waals surface area (Å²) in [6.07, 6.45) is 0. The van der Waals surface area contributed by atoms with E-state index in [0.29, 0.717) is 17.2 Å². The highest BCUT2D eigenvalue weighted by molar-refractivity contribution is 8.00. The second-order valence-electron chi connectivity index (χ2n) is 4.56. The summed E-state index contributed by atoms with van der Waals surface area (Å²) in [5.41, 5.74) is 6.25. The predicted molar refractivity (Wildman–Crippen MR) is 68.3 cm³/mol. The molecule has 1 unspecified atom stereocenters. The molecule has 0 bridgehead atoms. The summed E-state index contributed by atoms with van der Waals surface area (Å²) < 4.78 is 0. The predicted octanol–water partition coefficient (Wildman–Crippen LogP) is -1.44. The Labute approximate surface area is 117 Å². The molecule has 0 saturated carbocycles. The number of thioether (sulfide) groups is 1. The molecule has 106 valence electrons. The lowest BCUT2D eigenvalue weighted by Gasteiger charge is -2.47. The minimum atomic E-state index is -1.14. The Morgan fingerprint density at radius 3 is 2.95 bits per heavy atom. The third-order valence-corrected chi connectivity index (χ3v) is 4.54. The molecule has 3 rings (SSSR count). The van der Waals surface area contributed by atoms with Crippen molar-refractivity contribution in [3.63, 3.8) is 0 Å². The topological polar surface area (TPSA) is 127 Å².